The Labute approximate surface area is 139 Å². The summed E-state index contributed by atoms with van der Waals surface area (Å²) in [7, 11) is 0. The molecule has 2 aromatic rings. The minimum Gasteiger partial charge on any atom is -0.323 e. The summed E-state index contributed by atoms with van der Waals surface area (Å²) in [6.07, 6.45) is 0. The zero-order chi connectivity index (χ0) is 15.4. The lowest BCUT2D eigenvalue weighted by Gasteiger charge is -2.21. The van der Waals surface area contributed by atoms with Crippen LogP contribution in [-0.2, 0) is 11.4 Å². The summed E-state index contributed by atoms with van der Waals surface area (Å²) in [5.74, 6) is 0.639. The van der Waals surface area contributed by atoms with E-state index in [2.05, 4.69) is 10.3 Å². The van der Waals surface area contributed by atoms with Gasteiger partial charge in [0.05, 0.1) is 28.8 Å². The fourth-order valence-electron chi connectivity index (χ4n) is 2.11. The number of anilines is 1. The van der Waals surface area contributed by atoms with Crippen molar-refractivity contribution in [2.75, 3.05) is 18.4 Å². The van der Waals surface area contributed by atoms with Gasteiger partial charge in [-0.15, -0.1) is 0 Å². The van der Waals surface area contributed by atoms with Gasteiger partial charge < -0.3 is 5.32 Å². The van der Waals surface area contributed by atoms with Gasteiger partial charge in [-0.3, -0.25) is 4.84 Å². The van der Waals surface area contributed by atoms with Crippen molar-refractivity contribution in [1.82, 2.24) is 5.06 Å². The summed E-state index contributed by atoms with van der Waals surface area (Å²) < 4.78 is 0. The molecule has 1 aliphatic rings. The zero-order valence-corrected chi connectivity index (χ0v) is 13.3. The van der Waals surface area contributed by atoms with Gasteiger partial charge in [-0.1, -0.05) is 59.6 Å². The summed E-state index contributed by atoms with van der Waals surface area (Å²) in [6.45, 7) is 1.87. The molecule has 1 aliphatic heterocycles. The van der Waals surface area contributed by atoms with Gasteiger partial charge in [-0.25, -0.2) is 10.1 Å². The summed E-state index contributed by atoms with van der Waals surface area (Å²) in [6, 6.07) is 15.4. The molecular formula is C16H15Cl2N3O. The molecule has 0 saturated carbocycles. The van der Waals surface area contributed by atoms with Crippen LogP contribution in [0.15, 0.2) is 53.5 Å². The Morgan fingerprint density at radius 1 is 1.09 bits per heavy atom. The smallest absolute Gasteiger partial charge is 0.223 e. The molecule has 22 heavy (non-hydrogen) atoms. The number of rotatable bonds is 4. The maximum Gasteiger partial charge on any atom is 0.223 e. The molecule has 2 aromatic carbocycles. The van der Waals surface area contributed by atoms with Crippen LogP contribution in [0.4, 0.5) is 5.69 Å². The monoisotopic (exact) mass is 335 g/mol. The highest BCUT2D eigenvalue weighted by Gasteiger charge is 2.19. The molecule has 114 valence electrons. The van der Waals surface area contributed by atoms with Crippen molar-refractivity contribution < 1.29 is 4.84 Å². The number of guanidine groups is 1. The van der Waals surface area contributed by atoms with Crippen molar-refractivity contribution in [1.29, 1.82) is 0 Å². The molecule has 1 heterocycles. The normalized spacial score (nSPS) is 14.1. The fourth-order valence-corrected chi connectivity index (χ4v) is 2.45. The highest BCUT2D eigenvalue weighted by Crippen LogP contribution is 2.30. The lowest BCUT2D eigenvalue weighted by molar-refractivity contribution is -0.103. The van der Waals surface area contributed by atoms with Crippen LogP contribution in [0.1, 0.15) is 5.56 Å². The molecule has 0 atom stereocenters. The third-order valence-electron chi connectivity index (χ3n) is 3.23. The van der Waals surface area contributed by atoms with Crippen LogP contribution in [0.5, 0.6) is 0 Å². The molecule has 0 radical (unpaired) electrons. The number of benzene rings is 2. The van der Waals surface area contributed by atoms with Crippen molar-refractivity contribution in [3.63, 3.8) is 0 Å². The van der Waals surface area contributed by atoms with Crippen LogP contribution in [0.25, 0.3) is 0 Å². The summed E-state index contributed by atoms with van der Waals surface area (Å²) in [4.78, 5) is 10.2. The Hall–Kier alpha value is -1.75. The van der Waals surface area contributed by atoms with Crippen LogP contribution in [0.2, 0.25) is 10.0 Å². The zero-order valence-electron chi connectivity index (χ0n) is 11.8. The average molecular weight is 336 g/mol. The minimum atomic E-state index is 0.474. The van der Waals surface area contributed by atoms with E-state index in [0.29, 0.717) is 41.4 Å². The van der Waals surface area contributed by atoms with E-state index in [1.165, 1.54) is 0 Å². The predicted octanol–water partition coefficient (Wildman–Crippen LogP) is 4.21. The van der Waals surface area contributed by atoms with Gasteiger partial charge in [-0.05, 0) is 17.7 Å². The third kappa shape index (κ3) is 3.53. The second-order valence-electron chi connectivity index (χ2n) is 4.79. The van der Waals surface area contributed by atoms with E-state index >= 15 is 0 Å². The number of hydrogen-bond acceptors (Lipinski definition) is 4. The van der Waals surface area contributed by atoms with Gasteiger partial charge in [0.2, 0.25) is 5.96 Å². The Balaban J connectivity index is 1.64. The highest BCUT2D eigenvalue weighted by atomic mass is 35.5. The molecule has 3 rings (SSSR count). The summed E-state index contributed by atoms with van der Waals surface area (Å²) in [5, 5.41) is 5.89. The SMILES string of the molecule is Clc1cccc(NC2=NCCN2OCc2ccccc2)c1Cl. The van der Waals surface area contributed by atoms with E-state index < -0.39 is 0 Å². The lowest BCUT2D eigenvalue weighted by atomic mass is 10.2. The maximum absolute atomic E-state index is 6.18. The molecule has 0 spiro atoms. The van der Waals surface area contributed by atoms with Crippen LogP contribution in [0.3, 0.4) is 0 Å². The van der Waals surface area contributed by atoms with Crippen molar-refractivity contribution in [2.24, 2.45) is 4.99 Å². The first-order valence-corrected chi connectivity index (χ1v) is 7.69. The predicted molar refractivity (Wildman–Crippen MR) is 90.3 cm³/mol. The van der Waals surface area contributed by atoms with Gasteiger partial charge >= 0.3 is 0 Å². The van der Waals surface area contributed by atoms with Crippen LogP contribution in [-0.4, -0.2) is 24.1 Å². The molecule has 0 fully saturated rings. The second kappa shape index (κ2) is 7.01. The Bertz CT molecular complexity index is 676. The molecule has 1 N–H and O–H groups in total. The molecule has 0 aliphatic carbocycles. The highest BCUT2D eigenvalue weighted by molar-refractivity contribution is 6.44. The van der Waals surface area contributed by atoms with Gasteiger partial charge in [-0.2, -0.15) is 0 Å². The van der Waals surface area contributed by atoms with Gasteiger partial charge in [0, 0.05) is 0 Å². The number of halogens is 2. The molecule has 0 unspecified atom stereocenters. The quantitative estimate of drug-likeness (QED) is 0.909. The van der Waals surface area contributed by atoms with E-state index in [-0.39, 0.29) is 0 Å². The van der Waals surface area contributed by atoms with E-state index in [0.717, 1.165) is 5.56 Å². The van der Waals surface area contributed by atoms with Crippen molar-refractivity contribution >= 4 is 34.8 Å². The molecule has 6 heteroatoms. The van der Waals surface area contributed by atoms with Gasteiger partial charge in [0.15, 0.2) is 0 Å². The number of nitrogens with zero attached hydrogens (tertiary/aromatic N) is 2. The Morgan fingerprint density at radius 3 is 2.73 bits per heavy atom. The van der Waals surface area contributed by atoms with Crippen molar-refractivity contribution in [3.05, 3.63) is 64.1 Å². The molecule has 0 bridgehead atoms. The molecule has 0 amide bonds. The van der Waals surface area contributed by atoms with E-state index in [9.17, 15) is 0 Å². The van der Waals surface area contributed by atoms with Crippen LogP contribution >= 0.6 is 23.2 Å². The van der Waals surface area contributed by atoms with Gasteiger partial charge in [0.25, 0.3) is 0 Å². The van der Waals surface area contributed by atoms with Crippen LogP contribution < -0.4 is 5.32 Å². The summed E-state index contributed by atoms with van der Waals surface area (Å²) in [5.41, 5.74) is 1.82. The molecule has 0 aromatic heterocycles. The Kier molecular flexibility index (Phi) is 4.83. The molecule has 4 nitrogen and oxygen atoms in total. The Morgan fingerprint density at radius 2 is 1.91 bits per heavy atom. The third-order valence-corrected chi connectivity index (χ3v) is 4.05. The number of aliphatic imine (C=N–C) groups is 1. The first kappa shape index (κ1) is 15.2. The topological polar surface area (TPSA) is 36.9 Å². The van der Waals surface area contributed by atoms with E-state index in [4.69, 9.17) is 28.0 Å². The first-order chi connectivity index (χ1) is 10.7. The standard InChI is InChI=1S/C16H15Cl2N3O/c17-13-7-4-8-14(15(13)18)20-16-19-9-10-21(16)22-11-12-5-2-1-3-6-12/h1-8H,9-11H2,(H,19,20). The first-order valence-electron chi connectivity index (χ1n) is 6.94. The van der Waals surface area contributed by atoms with Crippen molar-refractivity contribution in [2.45, 2.75) is 6.61 Å². The van der Waals surface area contributed by atoms with E-state index in [1.807, 2.05) is 42.5 Å². The number of nitrogens with one attached hydrogen (secondary N) is 1. The second-order valence-corrected chi connectivity index (χ2v) is 5.58. The van der Waals surface area contributed by atoms with E-state index in [1.54, 1.807) is 11.1 Å². The fraction of sp³-hybridized carbons (Fsp3) is 0.188. The average Bonchev–Trinajstić information content (AvgIpc) is 2.98. The molecule has 0 saturated heterocycles. The minimum absolute atomic E-state index is 0.474. The number of hydrogen-bond donors (Lipinski definition) is 1. The maximum atomic E-state index is 6.18. The largest absolute Gasteiger partial charge is 0.323 e. The van der Waals surface area contributed by atoms with Gasteiger partial charge in [0.1, 0.15) is 6.61 Å². The number of hydroxylamine groups is 2. The molecular weight excluding hydrogens is 321 g/mol. The van der Waals surface area contributed by atoms with Crippen LogP contribution in [0, 0.1) is 0 Å². The summed E-state index contributed by atoms with van der Waals surface area (Å²) >= 11 is 12.2. The lowest BCUT2D eigenvalue weighted by Crippen LogP contribution is -2.33. The van der Waals surface area contributed by atoms with Crippen molar-refractivity contribution in [3.8, 4) is 0 Å².